The first-order valence-electron chi connectivity index (χ1n) is 7.38. The third-order valence-corrected chi connectivity index (χ3v) is 5.38. The summed E-state index contributed by atoms with van der Waals surface area (Å²) in [6.07, 6.45) is 5.10. The number of amides is 1. The van der Waals surface area contributed by atoms with E-state index in [0.29, 0.717) is 24.4 Å². The summed E-state index contributed by atoms with van der Waals surface area (Å²) in [4.78, 5) is 16.1. The Bertz CT molecular complexity index is 456. The van der Waals surface area contributed by atoms with Crippen molar-refractivity contribution < 1.29 is 4.79 Å². The van der Waals surface area contributed by atoms with Crippen LogP contribution in [0.1, 0.15) is 49.1 Å². The fourth-order valence-electron chi connectivity index (χ4n) is 3.39. The molecule has 3 rings (SSSR count). The normalized spacial score (nSPS) is 25.1. The fraction of sp³-hybridized carbons (Fsp3) is 0.667. The van der Waals surface area contributed by atoms with Crippen molar-refractivity contribution in [1.29, 1.82) is 0 Å². The molecule has 0 saturated carbocycles. The van der Waals surface area contributed by atoms with Gasteiger partial charge in [0.05, 0.1) is 6.04 Å². The summed E-state index contributed by atoms with van der Waals surface area (Å²) in [5, 5.41) is 5.59. The van der Waals surface area contributed by atoms with Crippen LogP contribution in [-0.2, 0) is 11.2 Å². The van der Waals surface area contributed by atoms with Crippen LogP contribution in [0.3, 0.4) is 0 Å². The number of hydrogen-bond donors (Lipinski definition) is 1. The largest absolute Gasteiger partial charge is 0.335 e. The number of hydrogen-bond acceptors (Lipinski definition) is 3. The summed E-state index contributed by atoms with van der Waals surface area (Å²) < 4.78 is 0. The minimum atomic E-state index is 0. The number of thiophene rings is 1. The van der Waals surface area contributed by atoms with Gasteiger partial charge in [0.15, 0.2) is 0 Å². The summed E-state index contributed by atoms with van der Waals surface area (Å²) in [6.45, 7) is 4.16. The molecule has 3 heterocycles. The highest BCUT2D eigenvalue weighted by Gasteiger charge is 2.31. The second-order valence-electron chi connectivity index (χ2n) is 5.56. The molecule has 0 radical (unpaired) electrons. The standard InChI is InChI=1S/C15H22N2OS.ClH/c1-2-13-12-6-9-19-14(12)5-8-17(13)15(18)10-11-4-3-7-16-11;/h6,9,11,13,16H,2-5,7-8,10H2,1H3;1H. The smallest absolute Gasteiger partial charge is 0.224 e. The second-order valence-corrected chi connectivity index (χ2v) is 6.56. The third-order valence-electron chi connectivity index (χ3n) is 4.39. The van der Waals surface area contributed by atoms with Crippen LogP contribution in [0.2, 0.25) is 0 Å². The van der Waals surface area contributed by atoms with Gasteiger partial charge in [-0.2, -0.15) is 0 Å². The van der Waals surface area contributed by atoms with E-state index < -0.39 is 0 Å². The monoisotopic (exact) mass is 314 g/mol. The zero-order valence-corrected chi connectivity index (χ0v) is 13.6. The van der Waals surface area contributed by atoms with E-state index in [-0.39, 0.29) is 12.4 Å². The molecule has 0 bridgehead atoms. The van der Waals surface area contributed by atoms with E-state index in [4.69, 9.17) is 0 Å². The van der Waals surface area contributed by atoms with Crippen LogP contribution < -0.4 is 5.32 Å². The predicted octanol–water partition coefficient (Wildman–Crippen LogP) is 3.15. The van der Waals surface area contributed by atoms with E-state index in [0.717, 1.165) is 32.4 Å². The van der Waals surface area contributed by atoms with E-state index in [1.165, 1.54) is 16.9 Å². The molecule has 1 amide bonds. The van der Waals surface area contributed by atoms with Crippen molar-refractivity contribution >= 4 is 29.7 Å². The first kappa shape index (κ1) is 15.8. The number of fused-ring (bicyclic) bond motifs is 1. The molecule has 112 valence electrons. The fourth-order valence-corrected chi connectivity index (χ4v) is 4.32. The summed E-state index contributed by atoms with van der Waals surface area (Å²) >= 11 is 1.84. The van der Waals surface area contributed by atoms with E-state index in [9.17, 15) is 4.79 Å². The third kappa shape index (κ3) is 3.02. The van der Waals surface area contributed by atoms with Crippen LogP contribution in [0.5, 0.6) is 0 Å². The predicted molar refractivity (Wildman–Crippen MR) is 85.7 cm³/mol. The van der Waals surface area contributed by atoms with Gasteiger partial charge in [0.1, 0.15) is 0 Å². The van der Waals surface area contributed by atoms with Crippen LogP contribution in [0.15, 0.2) is 11.4 Å². The minimum Gasteiger partial charge on any atom is -0.335 e. The molecular weight excluding hydrogens is 292 g/mol. The zero-order valence-electron chi connectivity index (χ0n) is 11.9. The molecule has 3 nitrogen and oxygen atoms in total. The van der Waals surface area contributed by atoms with Gasteiger partial charge in [0, 0.05) is 23.9 Å². The van der Waals surface area contributed by atoms with Gasteiger partial charge < -0.3 is 10.2 Å². The lowest BCUT2D eigenvalue weighted by Gasteiger charge is -2.36. The quantitative estimate of drug-likeness (QED) is 0.929. The highest BCUT2D eigenvalue weighted by atomic mass is 35.5. The Morgan fingerprint density at radius 1 is 1.55 bits per heavy atom. The summed E-state index contributed by atoms with van der Waals surface area (Å²) in [5.41, 5.74) is 1.39. The molecule has 1 N–H and O–H groups in total. The van der Waals surface area contributed by atoms with Crippen LogP contribution in [0, 0.1) is 0 Å². The first-order chi connectivity index (χ1) is 9.29. The molecule has 2 aliphatic heterocycles. The van der Waals surface area contributed by atoms with Crippen molar-refractivity contribution in [2.45, 2.75) is 51.1 Å². The maximum Gasteiger partial charge on any atom is 0.224 e. The van der Waals surface area contributed by atoms with Crippen molar-refractivity contribution in [1.82, 2.24) is 10.2 Å². The van der Waals surface area contributed by atoms with E-state index in [2.05, 4.69) is 28.6 Å². The summed E-state index contributed by atoms with van der Waals surface area (Å²) in [6, 6.07) is 2.93. The lowest BCUT2D eigenvalue weighted by molar-refractivity contribution is -0.134. The van der Waals surface area contributed by atoms with Crippen LogP contribution >= 0.6 is 23.7 Å². The molecule has 1 fully saturated rings. The van der Waals surface area contributed by atoms with Gasteiger partial charge in [-0.05, 0) is 49.2 Å². The van der Waals surface area contributed by atoms with Crippen molar-refractivity contribution in [3.8, 4) is 0 Å². The maximum atomic E-state index is 12.5. The summed E-state index contributed by atoms with van der Waals surface area (Å²) in [7, 11) is 0. The van der Waals surface area contributed by atoms with Gasteiger partial charge in [0.25, 0.3) is 0 Å². The van der Waals surface area contributed by atoms with Crippen LogP contribution in [0.4, 0.5) is 0 Å². The van der Waals surface area contributed by atoms with Gasteiger partial charge in [0.2, 0.25) is 5.91 Å². The average molecular weight is 315 g/mol. The molecular formula is C15H23ClN2OS. The number of halogens is 1. The lowest BCUT2D eigenvalue weighted by Crippen LogP contribution is -2.41. The van der Waals surface area contributed by atoms with Gasteiger partial charge in [-0.3, -0.25) is 4.79 Å². The second kappa shape index (κ2) is 6.92. The van der Waals surface area contributed by atoms with Crippen LogP contribution in [-0.4, -0.2) is 29.9 Å². The number of carbonyl (C=O) groups excluding carboxylic acids is 1. The molecule has 2 unspecified atom stereocenters. The van der Waals surface area contributed by atoms with Crippen molar-refractivity contribution in [2.24, 2.45) is 0 Å². The average Bonchev–Trinajstić information content (AvgIpc) is 3.07. The Hall–Kier alpha value is -0.580. The number of nitrogens with zero attached hydrogens (tertiary/aromatic N) is 1. The van der Waals surface area contributed by atoms with E-state index in [1.807, 2.05) is 11.3 Å². The Morgan fingerprint density at radius 2 is 2.40 bits per heavy atom. The molecule has 1 aromatic heterocycles. The van der Waals surface area contributed by atoms with Crippen LogP contribution in [0.25, 0.3) is 0 Å². The molecule has 5 heteroatoms. The number of nitrogens with one attached hydrogen (secondary N) is 1. The zero-order chi connectivity index (χ0) is 13.2. The molecule has 1 saturated heterocycles. The van der Waals surface area contributed by atoms with Crippen molar-refractivity contribution in [3.05, 3.63) is 21.9 Å². The highest BCUT2D eigenvalue weighted by molar-refractivity contribution is 7.10. The Labute approximate surface area is 131 Å². The maximum absolute atomic E-state index is 12.5. The SMILES string of the molecule is CCC1c2ccsc2CCN1C(=O)CC1CCCN1.Cl. The molecule has 0 spiro atoms. The van der Waals surface area contributed by atoms with Gasteiger partial charge in [-0.15, -0.1) is 23.7 Å². The lowest BCUT2D eigenvalue weighted by atomic mass is 9.97. The first-order valence-corrected chi connectivity index (χ1v) is 8.26. The van der Waals surface area contributed by atoms with Gasteiger partial charge in [-0.25, -0.2) is 0 Å². The number of carbonyl (C=O) groups is 1. The molecule has 2 atom stereocenters. The summed E-state index contributed by atoms with van der Waals surface area (Å²) in [5.74, 6) is 0.336. The highest BCUT2D eigenvalue weighted by Crippen LogP contribution is 2.35. The topological polar surface area (TPSA) is 32.3 Å². The van der Waals surface area contributed by atoms with Crippen molar-refractivity contribution in [2.75, 3.05) is 13.1 Å². The Balaban J connectivity index is 0.00000147. The van der Waals surface area contributed by atoms with E-state index >= 15 is 0 Å². The van der Waals surface area contributed by atoms with Gasteiger partial charge in [-0.1, -0.05) is 6.92 Å². The molecule has 20 heavy (non-hydrogen) atoms. The molecule has 0 aliphatic carbocycles. The Kier molecular flexibility index (Phi) is 5.47. The Morgan fingerprint density at radius 3 is 3.10 bits per heavy atom. The number of rotatable bonds is 3. The molecule has 1 aromatic rings. The van der Waals surface area contributed by atoms with E-state index in [1.54, 1.807) is 0 Å². The van der Waals surface area contributed by atoms with Gasteiger partial charge >= 0.3 is 0 Å². The minimum absolute atomic E-state index is 0. The van der Waals surface area contributed by atoms with Crippen molar-refractivity contribution in [3.63, 3.8) is 0 Å². The molecule has 2 aliphatic rings. The molecule has 0 aromatic carbocycles.